The fourth-order valence-electron chi connectivity index (χ4n) is 3.67. The van der Waals surface area contributed by atoms with Crippen molar-refractivity contribution in [2.75, 3.05) is 37.7 Å². The summed E-state index contributed by atoms with van der Waals surface area (Å²) < 4.78 is 11.4. The molecule has 24 heavy (non-hydrogen) atoms. The van der Waals surface area contributed by atoms with Crippen molar-refractivity contribution in [2.24, 2.45) is 5.92 Å². The second kappa shape index (κ2) is 6.91. The quantitative estimate of drug-likeness (QED) is 0.860. The first kappa shape index (κ1) is 15.6. The number of hydrogen-bond acceptors (Lipinski definition) is 6. The Morgan fingerprint density at radius 1 is 1.17 bits per heavy atom. The Kier molecular flexibility index (Phi) is 4.49. The van der Waals surface area contributed by atoms with Gasteiger partial charge < -0.3 is 14.1 Å². The molecule has 0 amide bonds. The number of anilines is 1. The van der Waals surface area contributed by atoms with Gasteiger partial charge in [-0.05, 0) is 38.1 Å². The van der Waals surface area contributed by atoms with E-state index < -0.39 is 0 Å². The van der Waals surface area contributed by atoms with Crippen LogP contribution in [0.4, 0.5) is 5.82 Å². The fraction of sp³-hybridized carbons (Fsp3) is 0.556. The zero-order valence-corrected chi connectivity index (χ0v) is 14.1. The molecule has 0 bridgehead atoms. The summed E-state index contributed by atoms with van der Waals surface area (Å²) in [5, 5.41) is 8.54. The molecule has 6 nitrogen and oxygen atoms in total. The van der Waals surface area contributed by atoms with Crippen molar-refractivity contribution in [3.63, 3.8) is 0 Å². The van der Waals surface area contributed by atoms with E-state index in [0.29, 0.717) is 12.0 Å². The highest BCUT2D eigenvalue weighted by molar-refractivity contribution is 5.37. The Morgan fingerprint density at radius 2 is 2.12 bits per heavy atom. The highest BCUT2D eigenvalue weighted by atomic mass is 16.5. The van der Waals surface area contributed by atoms with E-state index in [0.717, 1.165) is 57.3 Å². The van der Waals surface area contributed by atoms with Gasteiger partial charge in [-0.2, -0.15) is 5.10 Å². The molecular formula is C18H24N4O2. The topological polar surface area (TPSA) is 54.6 Å². The van der Waals surface area contributed by atoms with Crippen LogP contribution in [0.15, 0.2) is 35.1 Å². The lowest BCUT2D eigenvalue weighted by Gasteiger charge is -2.37. The molecule has 4 heterocycles. The Morgan fingerprint density at radius 3 is 2.92 bits per heavy atom. The van der Waals surface area contributed by atoms with E-state index in [1.165, 1.54) is 5.56 Å². The van der Waals surface area contributed by atoms with Gasteiger partial charge in [0.2, 0.25) is 0 Å². The van der Waals surface area contributed by atoms with Crippen LogP contribution >= 0.6 is 0 Å². The molecule has 0 saturated carbocycles. The number of furan rings is 1. The minimum atomic E-state index is 0.300. The highest BCUT2D eigenvalue weighted by Crippen LogP contribution is 2.27. The van der Waals surface area contributed by atoms with Crippen LogP contribution in [-0.2, 0) is 11.3 Å². The molecule has 0 radical (unpaired) electrons. The first-order chi connectivity index (χ1) is 11.8. The average molecular weight is 328 g/mol. The highest BCUT2D eigenvalue weighted by Gasteiger charge is 2.33. The molecule has 2 aromatic rings. The SMILES string of the molecule is Cc1ccc(N2CCO[C@@H]3CN(Cc4ccoc4)CC[C@H]3C2)nn1. The van der Waals surface area contributed by atoms with Crippen molar-refractivity contribution in [3.05, 3.63) is 42.0 Å². The van der Waals surface area contributed by atoms with Gasteiger partial charge in [0.25, 0.3) is 0 Å². The average Bonchev–Trinajstić information content (AvgIpc) is 3.00. The Bertz CT molecular complexity index is 644. The second-order valence-corrected chi connectivity index (χ2v) is 6.80. The van der Waals surface area contributed by atoms with Crippen LogP contribution < -0.4 is 4.90 Å². The van der Waals surface area contributed by atoms with E-state index in [1.807, 2.05) is 25.3 Å². The molecule has 2 aromatic heterocycles. The third kappa shape index (κ3) is 3.44. The van der Waals surface area contributed by atoms with Gasteiger partial charge in [0.05, 0.1) is 30.9 Å². The summed E-state index contributed by atoms with van der Waals surface area (Å²) >= 11 is 0. The second-order valence-electron chi connectivity index (χ2n) is 6.80. The van der Waals surface area contributed by atoms with Gasteiger partial charge in [-0.25, -0.2) is 0 Å². The van der Waals surface area contributed by atoms with Crippen LogP contribution in [0.2, 0.25) is 0 Å². The predicted molar refractivity (Wildman–Crippen MR) is 90.8 cm³/mol. The fourth-order valence-corrected chi connectivity index (χ4v) is 3.67. The van der Waals surface area contributed by atoms with Gasteiger partial charge in [-0.1, -0.05) is 0 Å². The third-order valence-corrected chi connectivity index (χ3v) is 5.02. The van der Waals surface area contributed by atoms with Crippen molar-refractivity contribution in [1.82, 2.24) is 15.1 Å². The molecule has 2 fully saturated rings. The van der Waals surface area contributed by atoms with Gasteiger partial charge >= 0.3 is 0 Å². The van der Waals surface area contributed by atoms with Gasteiger partial charge in [-0.15, -0.1) is 5.10 Å². The first-order valence-corrected chi connectivity index (χ1v) is 8.68. The van der Waals surface area contributed by atoms with Crippen LogP contribution in [0.25, 0.3) is 0 Å². The van der Waals surface area contributed by atoms with Crippen molar-refractivity contribution in [3.8, 4) is 0 Å². The van der Waals surface area contributed by atoms with Crippen molar-refractivity contribution in [1.29, 1.82) is 0 Å². The summed E-state index contributed by atoms with van der Waals surface area (Å²) in [6, 6.07) is 6.13. The summed E-state index contributed by atoms with van der Waals surface area (Å²) in [5.41, 5.74) is 2.19. The number of rotatable bonds is 3. The Hall–Kier alpha value is -1.92. The summed E-state index contributed by atoms with van der Waals surface area (Å²) in [5.74, 6) is 1.52. The molecule has 6 heteroatoms. The van der Waals surface area contributed by atoms with Crippen molar-refractivity contribution < 1.29 is 9.15 Å². The normalized spacial score (nSPS) is 25.3. The molecule has 2 aliphatic heterocycles. The van der Waals surface area contributed by atoms with Gasteiger partial charge in [0, 0.05) is 37.7 Å². The maximum Gasteiger partial charge on any atom is 0.151 e. The summed E-state index contributed by atoms with van der Waals surface area (Å²) in [6.45, 7) is 7.63. The summed E-state index contributed by atoms with van der Waals surface area (Å²) in [7, 11) is 0. The maximum atomic E-state index is 6.18. The van der Waals surface area contributed by atoms with E-state index in [1.54, 1.807) is 6.26 Å². The van der Waals surface area contributed by atoms with E-state index in [4.69, 9.17) is 9.15 Å². The van der Waals surface area contributed by atoms with Crippen LogP contribution in [0.5, 0.6) is 0 Å². The summed E-state index contributed by atoms with van der Waals surface area (Å²) in [6.07, 6.45) is 5.02. The molecular weight excluding hydrogens is 304 g/mol. The van der Waals surface area contributed by atoms with Crippen LogP contribution in [-0.4, -0.2) is 54.0 Å². The van der Waals surface area contributed by atoms with Crippen LogP contribution in [0.1, 0.15) is 17.7 Å². The molecule has 2 aliphatic rings. The maximum absolute atomic E-state index is 6.18. The number of piperidine rings is 1. The molecule has 4 rings (SSSR count). The smallest absolute Gasteiger partial charge is 0.151 e. The van der Waals surface area contributed by atoms with E-state index in [9.17, 15) is 0 Å². The zero-order valence-electron chi connectivity index (χ0n) is 14.1. The van der Waals surface area contributed by atoms with Gasteiger partial charge in [-0.3, -0.25) is 4.90 Å². The number of aromatic nitrogens is 2. The minimum absolute atomic E-state index is 0.300. The molecule has 2 atom stereocenters. The number of fused-ring (bicyclic) bond motifs is 1. The molecule has 0 unspecified atom stereocenters. The Labute approximate surface area is 142 Å². The lowest BCUT2D eigenvalue weighted by atomic mass is 9.93. The van der Waals surface area contributed by atoms with E-state index >= 15 is 0 Å². The van der Waals surface area contributed by atoms with E-state index in [-0.39, 0.29) is 0 Å². The molecule has 0 aliphatic carbocycles. The molecule has 0 spiro atoms. The van der Waals surface area contributed by atoms with Gasteiger partial charge in [0.1, 0.15) is 0 Å². The van der Waals surface area contributed by atoms with E-state index in [2.05, 4.69) is 26.1 Å². The van der Waals surface area contributed by atoms with Crippen molar-refractivity contribution in [2.45, 2.75) is 26.0 Å². The largest absolute Gasteiger partial charge is 0.472 e. The van der Waals surface area contributed by atoms with Crippen molar-refractivity contribution >= 4 is 5.82 Å². The number of nitrogens with zero attached hydrogens (tertiary/aromatic N) is 4. The molecule has 128 valence electrons. The number of likely N-dealkylation sites (tertiary alicyclic amines) is 1. The predicted octanol–water partition coefficient (Wildman–Crippen LogP) is 2.11. The Balaban J connectivity index is 1.40. The minimum Gasteiger partial charge on any atom is -0.472 e. The number of hydrogen-bond donors (Lipinski definition) is 0. The lowest BCUT2D eigenvalue weighted by Crippen LogP contribution is -2.46. The molecule has 0 N–H and O–H groups in total. The van der Waals surface area contributed by atoms with Crippen LogP contribution in [0, 0.1) is 12.8 Å². The number of aryl methyl sites for hydroxylation is 1. The summed E-state index contributed by atoms with van der Waals surface area (Å²) in [4.78, 5) is 4.79. The van der Waals surface area contributed by atoms with Crippen LogP contribution in [0.3, 0.4) is 0 Å². The molecule has 2 saturated heterocycles. The van der Waals surface area contributed by atoms with Gasteiger partial charge in [0.15, 0.2) is 5.82 Å². The third-order valence-electron chi connectivity index (χ3n) is 5.02. The molecule has 0 aromatic carbocycles. The monoisotopic (exact) mass is 328 g/mol. The first-order valence-electron chi connectivity index (χ1n) is 8.68. The zero-order chi connectivity index (χ0) is 16.4. The number of ether oxygens (including phenoxy) is 1. The lowest BCUT2D eigenvalue weighted by molar-refractivity contribution is -0.0239. The standard InChI is InChI=1S/C18H24N4O2/c1-14-2-3-18(20-19-14)22-7-9-24-17-12-21(6-4-16(17)11-22)10-15-5-8-23-13-15/h2-3,5,8,13,16-17H,4,6-7,9-12H2,1H3/t16-,17+/m0/s1.